The molecule has 20 heavy (non-hydrogen) atoms. The van der Waals surface area contributed by atoms with E-state index in [-0.39, 0.29) is 0 Å². The molecule has 2 aromatic carbocycles. The van der Waals surface area contributed by atoms with Gasteiger partial charge in [0.25, 0.3) is 0 Å². The van der Waals surface area contributed by atoms with E-state index in [0.717, 1.165) is 11.1 Å². The number of rotatable bonds is 5. The predicted molar refractivity (Wildman–Crippen MR) is 81.1 cm³/mol. The highest BCUT2D eigenvalue weighted by Gasteiger charge is 2.37. The number of carbonyl (C=O) groups is 1. The van der Waals surface area contributed by atoms with Crippen LogP contribution in [0.1, 0.15) is 18.1 Å². The minimum Gasteiger partial charge on any atom is -0.368 e. The first-order chi connectivity index (χ1) is 9.54. The summed E-state index contributed by atoms with van der Waals surface area (Å²) >= 11 is 0. The third kappa shape index (κ3) is 2.89. The van der Waals surface area contributed by atoms with Crippen molar-refractivity contribution in [2.45, 2.75) is 24.8 Å². The Morgan fingerprint density at radius 3 is 2.05 bits per heavy atom. The van der Waals surface area contributed by atoms with E-state index >= 15 is 0 Å². The Hall–Kier alpha value is -2.13. The van der Waals surface area contributed by atoms with Gasteiger partial charge in [-0.05, 0) is 17.5 Å². The van der Waals surface area contributed by atoms with E-state index in [4.69, 9.17) is 11.5 Å². The molecule has 2 atom stereocenters. The lowest BCUT2D eigenvalue weighted by atomic mass is 9.71. The van der Waals surface area contributed by atoms with E-state index in [0.29, 0.717) is 6.42 Å². The Balaban J connectivity index is 2.42. The molecular weight excluding hydrogens is 248 g/mol. The molecule has 104 valence electrons. The molecule has 0 bridgehead atoms. The van der Waals surface area contributed by atoms with E-state index < -0.39 is 17.4 Å². The van der Waals surface area contributed by atoms with Gasteiger partial charge in [-0.15, -0.1) is 0 Å². The fourth-order valence-electron chi connectivity index (χ4n) is 2.54. The fourth-order valence-corrected chi connectivity index (χ4v) is 2.54. The van der Waals surface area contributed by atoms with Gasteiger partial charge in [-0.3, -0.25) is 4.79 Å². The molecule has 0 saturated heterocycles. The molecule has 0 aromatic heterocycles. The molecule has 0 saturated carbocycles. The molecule has 2 unspecified atom stereocenters. The molecule has 0 aliphatic heterocycles. The zero-order valence-corrected chi connectivity index (χ0v) is 11.6. The Labute approximate surface area is 119 Å². The summed E-state index contributed by atoms with van der Waals surface area (Å²) in [7, 11) is 0. The lowest BCUT2D eigenvalue weighted by Crippen LogP contribution is -2.52. The largest absolute Gasteiger partial charge is 0.368 e. The van der Waals surface area contributed by atoms with Crippen molar-refractivity contribution in [2.24, 2.45) is 11.5 Å². The van der Waals surface area contributed by atoms with Crippen LogP contribution in [0.15, 0.2) is 60.7 Å². The molecule has 2 aromatic rings. The average molecular weight is 268 g/mol. The van der Waals surface area contributed by atoms with Gasteiger partial charge < -0.3 is 11.5 Å². The van der Waals surface area contributed by atoms with Crippen LogP contribution in [0.25, 0.3) is 0 Å². The third-order valence-corrected chi connectivity index (χ3v) is 3.84. The minimum absolute atomic E-state index is 0.479. The third-order valence-electron chi connectivity index (χ3n) is 3.84. The first-order valence-corrected chi connectivity index (χ1v) is 6.68. The minimum atomic E-state index is -0.731. The highest BCUT2D eigenvalue weighted by Crippen LogP contribution is 2.31. The summed E-state index contributed by atoms with van der Waals surface area (Å²) < 4.78 is 0. The topological polar surface area (TPSA) is 69.1 Å². The highest BCUT2D eigenvalue weighted by molar-refractivity contribution is 5.81. The highest BCUT2D eigenvalue weighted by atomic mass is 16.1. The van der Waals surface area contributed by atoms with E-state index in [1.165, 1.54) is 0 Å². The van der Waals surface area contributed by atoms with E-state index in [2.05, 4.69) is 0 Å². The maximum Gasteiger partial charge on any atom is 0.235 e. The second kappa shape index (κ2) is 5.88. The van der Waals surface area contributed by atoms with Crippen LogP contribution in [0.2, 0.25) is 0 Å². The standard InChI is InChI=1S/C17H20N2O/c1-17(15(18)16(19)20,14-10-6-3-7-11-14)12-13-8-4-2-5-9-13/h2-11,15H,12,18H2,1H3,(H2,19,20). The fraction of sp³-hybridized carbons (Fsp3) is 0.235. The van der Waals surface area contributed by atoms with Crippen molar-refractivity contribution in [3.8, 4) is 0 Å². The second-order valence-electron chi connectivity index (χ2n) is 5.33. The van der Waals surface area contributed by atoms with Crippen molar-refractivity contribution >= 4 is 5.91 Å². The van der Waals surface area contributed by atoms with Crippen LogP contribution in [0.5, 0.6) is 0 Å². The van der Waals surface area contributed by atoms with Crippen LogP contribution in [-0.2, 0) is 16.6 Å². The van der Waals surface area contributed by atoms with Crippen molar-refractivity contribution in [2.75, 3.05) is 0 Å². The summed E-state index contributed by atoms with van der Waals surface area (Å²) in [4.78, 5) is 11.6. The van der Waals surface area contributed by atoms with Gasteiger partial charge in [0.2, 0.25) is 5.91 Å². The summed E-state index contributed by atoms with van der Waals surface area (Å²) in [5.41, 5.74) is 13.2. The van der Waals surface area contributed by atoms with Crippen molar-refractivity contribution in [1.82, 2.24) is 0 Å². The van der Waals surface area contributed by atoms with Gasteiger partial charge in [0.05, 0.1) is 6.04 Å². The lowest BCUT2D eigenvalue weighted by molar-refractivity contribution is -0.120. The van der Waals surface area contributed by atoms with Crippen LogP contribution < -0.4 is 11.5 Å². The molecule has 3 nitrogen and oxygen atoms in total. The quantitative estimate of drug-likeness (QED) is 0.870. The van der Waals surface area contributed by atoms with E-state index in [1.54, 1.807) is 0 Å². The Morgan fingerprint density at radius 1 is 1.05 bits per heavy atom. The number of hydrogen-bond acceptors (Lipinski definition) is 2. The van der Waals surface area contributed by atoms with Crippen LogP contribution in [0.4, 0.5) is 0 Å². The summed E-state index contributed by atoms with van der Waals surface area (Å²) in [6.45, 7) is 1.99. The second-order valence-corrected chi connectivity index (χ2v) is 5.33. The molecule has 1 amide bonds. The molecule has 4 N–H and O–H groups in total. The number of hydrogen-bond donors (Lipinski definition) is 2. The summed E-state index contributed by atoms with van der Waals surface area (Å²) in [6, 6.07) is 19.1. The molecule has 0 aliphatic rings. The van der Waals surface area contributed by atoms with Crippen molar-refractivity contribution in [3.05, 3.63) is 71.8 Å². The summed E-state index contributed by atoms with van der Waals surface area (Å²) in [6.07, 6.45) is 0.669. The number of amides is 1. The molecule has 0 fully saturated rings. The van der Waals surface area contributed by atoms with Crippen LogP contribution in [0, 0.1) is 0 Å². The smallest absolute Gasteiger partial charge is 0.235 e. The predicted octanol–water partition coefficient (Wildman–Crippen LogP) is 2.00. The van der Waals surface area contributed by atoms with Crippen LogP contribution in [-0.4, -0.2) is 11.9 Å². The van der Waals surface area contributed by atoms with Gasteiger partial charge in [0, 0.05) is 5.41 Å². The number of nitrogens with two attached hydrogens (primary N) is 2. The van der Waals surface area contributed by atoms with Gasteiger partial charge in [-0.1, -0.05) is 67.6 Å². The van der Waals surface area contributed by atoms with Gasteiger partial charge in [-0.2, -0.15) is 0 Å². The average Bonchev–Trinajstić information content (AvgIpc) is 2.48. The normalized spacial score (nSPS) is 15.3. The summed E-state index contributed by atoms with van der Waals surface area (Å²) in [5.74, 6) is -0.479. The van der Waals surface area contributed by atoms with Gasteiger partial charge in [-0.25, -0.2) is 0 Å². The Kier molecular flexibility index (Phi) is 4.20. The molecule has 3 heteroatoms. The van der Waals surface area contributed by atoms with Crippen LogP contribution >= 0.6 is 0 Å². The monoisotopic (exact) mass is 268 g/mol. The maximum atomic E-state index is 11.6. The van der Waals surface area contributed by atoms with Gasteiger partial charge in [0.15, 0.2) is 0 Å². The number of carbonyl (C=O) groups excluding carboxylic acids is 1. The van der Waals surface area contributed by atoms with Crippen molar-refractivity contribution in [3.63, 3.8) is 0 Å². The lowest BCUT2D eigenvalue weighted by Gasteiger charge is -2.34. The molecule has 2 rings (SSSR count). The first-order valence-electron chi connectivity index (χ1n) is 6.68. The molecular formula is C17H20N2O. The zero-order valence-electron chi connectivity index (χ0n) is 11.6. The van der Waals surface area contributed by atoms with E-state index in [1.807, 2.05) is 67.6 Å². The Bertz CT molecular complexity index is 568. The van der Waals surface area contributed by atoms with Crippen molar-refractivity contribution in [1.29, 1.82) is 0 Å². The molecule has 0 spiro atoms. The number of primary amides is 1. The SMILES string of the molecule is CC(Cc1ccccc1)(c1ccccc1)C(N)C(N)=O. The summed E-state index contributed by atoms with van der Waals surface area (Å²) in [5, 5.41) is 0. The molecule has 0 radical (unpaired) electrons. The zero-order chi connectivity index (χ0) is 14.6. The maximum absolute atomic E-state index is 11.6. The Morgan fingerprint density at radius 2 is 1.55 bits per heavy atom. The molecule has 0 heterocycles. The van der Waals surface area contributed by atoms with Gasteiger partial charge in [0.1, 0.15) is 0 Å². The molecule has 0 aliphatic carbocycles. The number of benzene rings is 2. The van der Waals surface area contributed by atoms with Gasteiger partial charge >= 0.3 is 0 Å². The van der Waals surface area contributed by atoms with E-state index in [9.17, 15) is 4.79 Å². The first kappa shape index (κ1) is 14.3. The van der Waals surface area contributed by atoms with Crippen LogP contribution in [0.3, 0.4) is 0 Å². The van der Waals surface area contributed by atoms with Crippen molar-refractivity contribution < 1.29 is 4.79 Å².